The Bertz CT molecular complexity index is 545. The lowest BCUT2D eigenvalue weighted by Gasteiger charge is -2.26. The summed E-state index contributed by atoms with van der Waals surface area (Å²) >= 11 is 7.35. The Hall–Kier alpha value is -0.830. The second kappa shape index (κ2) is 5.04. The fourth-order valence-corrected chi connectivity index (χ4v) is 3.44. The number of rotatable bonds is 3. The van der Waals surface area contributed by atoms with Gasteiger partial charge in [0.1, 0.15) is 6.10 Å². The highest BCUT2D eigenvalue weighted by atomic mass is 35.5. The first kappa shape index (κ1) is 12.2. The van der Waals surface area contributed by atoms with E-state index in [4.69, 9.17) is 11.6 Å². The van der Waals surface area contributed by atoms with Crippen LogP contribution in [0.5, 0.6) is 0 Å². The third-order valence-corrected chi connectivity index (χ3v) is 4.95. The molecule has 2 aromatic rings. The van der Waals surface area contributed by atoms with Crippen molar-refractivity contribution in [2.24, 2.45) is 0 Å². The first-order chi connectivity index (χ1) is 8.74. The second-order valence-corrected chi connectivity index (χ2v) is 6.59. The number of hydrogen-bond donors (Lipinski definition) is 1. The van der Waals surface area contributed by atoms with E-state index in [1.165, 1.54) is 36.2 Å². The van der Waals surface area contributed by atoms with Gasteiger partial charge in [0.2, 0.25) is 0 Å². The molecule has 0 radical (unpaired) electrons. The van der Waals surface area contributed by atoms with Gasteiger partial charge in [-0.3, -0.25) is 0 Å². The number of thiophene rings is 1. The summed E-state index contributed by atoms with van der Waals surface area (Å²) in [4.78, 5) is 0.908. The van der Waals surface area contributed by atoms with Crippen LogP contribution in [0.25, 0.3) is 0 Å². The first-order valence-corrected chi connectivity index (χ1v) is 7.46. The molecule has 1 nitrogen and oxygen atoms in total. The van der Waals surface area contributed by atoms with Gasteiger partial charge in [0.25, 0.3) is 0 Å². The van der Waals surface area contributed by atoms with Crippen molar-refractivity contribution in [1.82, 2.24) is 0 Å². The van der Waals surface area contributed by atoms with Gasteiger partial charge in [-0.05, 0) is 42.0 Å². The predicted octanol–water partition coefficient (Wildman–Crippen LogP) is 4.75. The van der Waals surface area contributed by atoms with Crippen molar-refractivity contribution >= 4 is 22.9 Å². The quantitative estimate of drug-likeness (QED) is 0.859. The highest BCUT2D eigenvalue weighted by Crippen LogP contribution is 2.38. The standard InChI is InChI=1S/C15H15ClOS/c16-14-8-7-13(18-14)15(17)12-6-2-5-11(9-12)10-3-1-4-10/h2,5-10,15,17H,1,3-4H2. The molecule has 1 aromatic heterocycles. The Morgan fingerprint density at radius 3 is 2.67 bits per heavy atom. The van der Waals surface area contributed by atoms with Crippen LogP contribution in [0.2, 0.25) is 4.34 Å². The van der Waals surface area contributed by atoms with E-state index in [1.807, 2.05) is 24.3 Å². The Morgan fingerprint density at radius 1 is 1.22 bits per heavy atom. The van der Waals surface area contributed by atoms with Crippen molar-refractivity contribution < 1.29 is 5.11 Å². The number of aliphatic hydroxyl groups is 1. The molecule has 1 atom stereocenters. The number of benzene rings is 1. The average Bonchev–Trinajstić information content (AvgIpc) is 2.73. The minimum absolute atomic E-state index is 0.553. The van der Waals surface area contributed by atoms with E-state index in [1.54, 1.807) is 0 Å². The topological polar surface area (TPSA) is 20.2 Å². The number of halogens is 1. The Morgan fingerprint density at radius 2 is 2.06 bits per heavy atom. The maximum atomic E-state index is 10.4. The molecule has 0 amide bonds. The number of aliphatic hydroxyl groups excluding tert-OH is 1. The molecule has 1 heterocycles. The van der Waals surface area contributed by atoms with Gasteiger partial charge in [0.05, 0.1) is 4.34 Å². The molecule has 0 spiro atoms. The summed E-state index contributed by atoms with van der Waals surface area (Å²) in [6.07, 6.45) is 3.34. The highest BCUT2D eigenvalue weighted by molar-refractivity contribution is 7.16. The van der Waals surface area contributed by atoms with E-state index in [0.29, 0.717) is 5.92 Å². The monoisotopic (exact) mass is 278 g/mol. The molecular formula is C15H15ClOS. The molecule has 0 saturated heterocycles. The summed E-state index contributed by atoms with van der Waals surface area (Å²) in [5, 5.41) is 10.4. The van der Waals surface area contributed by atoms with Crippen molar-refractivity contribution in [1.29, 1.82) is 0 Å². The Kier molecular flexibility index (Phi) is 3.42. The molecule has 3 heteroatoms. The van der Waals surface area contributed by atoms with Gasteiger partial charge in [0, 0.05) is 4.88 Å². The van der Waals surface area contributed by atoms with Gasteiger partial charge in [-0.1, -0.05) is 42.3 Å². The maximum Gasteiger partial charge on any atom is 0.113 e. The van der Waals surface area contributed by atoms with Crippen LogP contribution in [0, 0.1) is 0 Å². The summed E-state index contributed by atoms with van der Waals surface area (Å²) in [6.45, 7) is 0. The van der Waals surface area contributed by atoms with E-state index in [-0.39, 0.29) is 0 Å². The molecule has 18 heavy (non-hydrogen) atoms. The smallest absolute Gasteiger partial charge is 0.113 e. The molecule has 1 N–H and O–H groups in total. The Labute approximate surface area is 116 Å². The van der Waals surface area contributed by atoms with E-state index < -0.39 is 6.10 Å². The molecule has 94 valence electrons. The summed E-state index contributed by atoms with van der Waals surface area (Å²) in [5.41, 5.74) is 2.33. The zero-order valence-corrected chi connectivity index (χ0v) is 11.5. The van der Waals surface area contributed by atoms with Crippen molar-refractivity contribution in [3.63, 3.8) is 0 Å². The molecule has 3 rings (SSSR count). The fraction of sp³-hybridized carbons (Fsp3) is 0.333. The maximum absolute atomic E-state index is 10.4. The molecule has 1 saturated carbocycles. The summed E-state index contributed by atoms with van der Waals surface area (Å²) in [6, 6.07) is 12.1. The number of hydrogen-bond acceptors (Lipinski definition) is 2. The summed E-state index contributed by atoms with van der Waals surface area (Å²) in [7, 11) is 0. The van der Waals surface area contributed by atoms with Crippen molar-refractivity contribution in [3.05, 3.63) is 56.7 Å². The van der Waals surface area contributed by atoms with Gasteiger partial charge < -0.3 is 5.11 Å². The molecule has 0 aliphatic heterocycles. The molecule has 1 fully saturated rings. The zero-order chi connectivity index (χ0) is 12.5. The summed E-state index contributed by atoms with van der Waals surface area (Å²) in [5.74, 6) is 0.698. The van der Waals surface area contributed by atoms with Crippen LogP contribution < -0.4 is 0 Å². The molecular weight excluding hydrogens is 264 g/mol. The predicted molar refractivity (Wildman–Crippen MR) is 76.4 cm³/mol. The third kappa shape index (κ3) is 2.33. The molecule has 1 aromatic carbocycles. The average molecular weight is 279 g/mol. The lowest BCUT2D eigenvalue weighted by atomic mass is 9.79. The highest BCUT2D eigenvalue weighted by Gasteiger charge is 2.21. The largest absolute Gasteiger partial charge is 0.383 e. The van der Waals surface area contributed by atoms with Gasteiger partial charge in [-0.15, -0.1) is 11.3 Å². The van der Waals surface area contributed by atoms with Crippen molar-refractivity contribution in [3.8, 4) is 0 Å². The minimum Gasteiger partial charge on any atom is -0.383 e. The van der Waals surface area contributed by atoms with Crippen LogP contribution in [0.1, 0.15) is 47.3 Å². The van der Waals surface area contributed by atoms with E-state index >= 15 is 0 Å². The summed E-state index contributed by atoms with van der Waals surface area (Å²) < 4.78 is 0.721. The van der Waals surface area contributed by atoms with Gasteiger partial charge >= 0.3 is 0 Å². The lowest BCUT2D eigenvalue weighted by molar-refractivity contribution is 0.224. The fourth-order valence-electron chi connectivity index (χ4n) is 2.36. The van der Waals surface area contributed by atoms with Gasteiger partial charge in [-0.25, -0.2) is 0 Å². The van der Waals surface area contributed by atoms with Crippen LogP contribution in [0.3, 0.4) is 0 Å². The van der Waals surface area contributed by atoms with Crippen LogP contribution in [0.15, 0.2) is 36.4 Å². The first-order valence-electron chi connectivity index (χ1n) is 6.27. The molecule has 1 aliphatic rings. The van der Waals surface area contributed by atoms with Crippen LogP contribution >= 0.6 is 22.9 Å². The molecule has 1 aliphatic carbocycles. The SMILES string of the molecule is OC(c1cccc(C2CCC2)c1)c1ccc(Cl)s1. The minimum atomic E-state index is -0.553. The van der Waals surface area contributed by atoms with Gasteiger partial charge in [-0.2, -0.15) is 0 Å². The van der Waals surface area contributed by atoms with Gasteiger partial charge in [0.15, 0.2) is 0 Å². The van der Waals surface area contributed by atoms with Crippen LogP contribution in [-0.4, -0.2) is 5.11 Å². The van der Waals surface area contributed by atoms with E-state index in [0.717, 1.165) is 14.8 Å². The lowest BCUT2D eigenvalue weighted by Crippen LogP contribution is -2.09. The second-order valence-electron chi connectivity index (χ2n) is 4.84. The van der Waals surface area contributed by atoms with E-state index in [2.05, 4.69) is 12.1 Å². The molecule has 0 bridgehead atoms. The van der Waals surface area contributed by atoms with Crippen LogP contribution in [-0.2, 0) is 0 Å². The zero-order valence-electron chi connectivity index (χ0n) is 9.97. The van der Waals surface area contributed by atoms with E-state index in [9.17, 15) is 5.11 Å². The van der Waals surface area contributed by atoms with Crippen LogP contribution in [0.4, 0.5) is 0 Å². The normalized spacial score (nSPS) is 17.4. The van der Waals surface area contributed by atoms with Crippen molar-refractivity contribution in [2.45, 2.75) is 31.3 Å². The van der Waals surface area contributed by atoms with Crippen molar-refractivity contribution in [2.75, 3.05) is 0 Å². The third-order valence-electron chi connectivity index (χ3n) is 3.67. The Balaban J connectivity index is 1.86. The molecule has 1 unspecified atom stereocenters.